The summed E-state index contributed by atoms with van der Waals surface area (Å²) in [7, 11) is -3.43. The predicted molar refractivity (Wildman–Crippen MR) is 117 cm³/mol. The summed E-state index contributed by atoms with van der Waals surface area (Å²) in [6, 6.07) is 16.6. The largest absolute Gasteiger partial charge is 0.337 e. The van der Waals surface area contributed by atoms with E-state index in [2.05, 4.69) is 5.10 Å². The molecule has 0 spiro atoms. The van der Waals surface area contributed by atoms with Crippen LogP contribution in [-0.2, 0) is 9.84 Å². The van der Waals surface area contributed by atoms with Crippen LogP contribution in [0.4, 0.5) is 0 Å². The van der Waals surface area contributed by atoms with Crippen LogP contribution in [-0.4, -0.2) is 47.8 Å². The van der Waals surface area contributed by atoms with Crippen LogP contribution in [0, 0.1) is 6.92 Å². The Morgan fingerprint density at radius 3 is 2.50 bits per heavy atom. The number of nitrogens with zero attached hydrogens (tertiary/aromatic N) is 3. The van der Waals surface area contributed by atoms with Gasteiger partial charge in [0.1, 0.15) is 0 Å². The van der Waals surface area contributed by atoms with Crippen LogP contribution in [0.5, 0.6) is 0 Å². The third-order valence-electron chi connectivity index (χ3n) is 5.52. The van der Waals surface area contributed by atoms with E-state index in [0.29, 0.717) is 29.1 Å². The summed E-state index contributed by atoms with van der Waals surface area (Å²) in [6.07, 6.45) is 1.86. The molecule has 4 rings (SSSR count). The van der Waals surface area contributed by atoms with Gasteiger partial charge in [-0.25, -0.2) is 13.1 Å². The van der Waals surface area contributed by atoms with Gasteiger partial charge in [0, 0.05) is 18.1 Å². The Labute approximate surface area is 181 Å². The number of rotatable bonds is 3. The minimum atomic E-state index is -3.43. The summed E-state index contributed by atoms with van der Waals surface area (Å²) < 4.78 is 27.5. The molecule has 0 aliphatic carbocycles. The van der Waals surface area contributed by atoms with E-state index in [1.54, 1.807) is 40.0 Å². The van der Waals surface area contributed by atoms with Crippen molar-refractivity contribution in [1.82, 2.24) is 14.7 Å². The number of carbonyl (C=O) groups is 1. The number of para-hydroxylation sites is 1. The average molecular weight is 444 g/mol. The van der Waals surface area contributed by atoms with Gasteiger partial charge in [0.05, 0.1) is 34.1 Å². The Morgan fingerprint density at radius 1 is 1.07 bits per heavy atom. The molecule has 1 aliphatic rings. The lowest BCUT2D eigenvalue weighted by Crippen LogP contribution is -2.33. The molecule has 6 nitrogen and oxygen atoms in total. The number of aromatic nitrogens is 2. The first-order valence-electron chi connectivity index (χ1n) is 9.74. The van der Waals surface area contributed by atoms with Crippen molar-refractivity contribution in [2.45, 2.75) is 18.6 Å². The zero-order valence-corrected chi connectivity index (χ0v) is 18.1. The lowest BCUT2D eigenvalue weighted by Gasteiger charge is -2.20. The van der Waals surface area contributed by atoms with Gasteiger partial charge in [0.15, 0.2) is 9.84 Å². The fourth-order valence-corrected chi connectivity index (χ4v) is 6.00. The zero-order chi connectivity index (χ0) is 21.3. The van der Waals surface area contributed by atoms with Crippen molar-refractivity contribution >= 4 is 27.3 Å². The summed E-state index contributed by atoms with van der Waals surface area (Å²) >= 11 is 6.26. The molecule has 1 atom stereocenters. The molecule has 1 fully saturated rings. The van der Waals surface area contributed by atoms with Crippen molar-refractivity contribution < 1.29 is 13.2 Å². The van der Waals surface area contributed by atoms with E-state index < -0.39 is 15.1 Å². The molecule has 3 aromatic rings. The van der Waals surface area contributed by atoms with Crippen LogP contribution in [0.25, 0.3) is 5.69 Å². The summed E-state index contributed by atoms with van der Waals surface area (Å²) in [6.45, 7) is 2.33. The predicted octanol–water partition coefficient (Wildman–Crippen LogP) is 3.84. The zero-order valence-electron chi connectivity index (χ0n) is 16.5. The minimum absolute atomic E-state index is 0.0967. The van der Waals surface area contributed by atoms with Crippen LogP contribution < -0.4 is 0 Å². The highest BCUT2D eigenvalue weighted by Gasteiger charge is 2.34. The van der Waals surface area contributed by atoms with Crippen molar-refractivity contribution in [1.29, 1.82) is 0 Å². The first-order chi connectivity index (χ1) is 14.4. The first-order valence-corrected chi connectivity index (χ1v) is 11.8. The second kappa shape index (κ2) is 8.24. The molecule has 0 unspecified atom stereocenters. The van der Waals surface area contributed by atoms with E-state index >= 15 is 0 Å². The van der Waals surface area contributed by atoms with E-state index in [1.165, 1.54) is 0 Å². The summed E-state index contributed by atoms with van der Waals surface area (Å²) in [5.74, 6) is -0.301. The molecule has 1 saturated heterocycles. The average Bonchev–Trinajstić information content (AvgIpc) is 3.04. The second-order valence-corrected chi connectivity index (χ2v) is 10.1. The van der Waals surface area contributed by atoms with Crippen molar-refractivity contribution in [3.63, 3.8) is 0 Å². The highest BCUT2D eigenvalue weighted by atomic mass is 35.5. The van der Waals surface area contributed by atoms with E-state index in [-0.39, 0.29) is 18.2 Å². The maximum atomic E-state index is 13.2. The second-order valence-electron chi connectivity index (χ2n) is 7.35. The van der Waals surface area contributed by atoms with Crippen LogP contribution in [0.1, 0.15) is 33.3 Å². The number of hydrogen-bond acceptors (Lipinski definition) is 4. The SMILES string of the molecule is Cc1c(C(=O)N2CC[C@@H](c3ccccc3Cl)S(=O)(=O)CC2)cnn1-c1ccccc1. The lowest BCUT2D eigenvalue weighted by atomic mass is 10.1. The van der Waals surface area contributed by atoms with Gasteiger partial charge >= 0.3 is 0 Å². The Morgan fingerprint density at radius 2 is 1.77 bits per heavy atom. The third kappa shape index (κ3) is 3.87. The summed E-state index contributed by atoms with van der Waals surface area (Å²) in [5, 5.41) is 4.09. The highest BCUT2D eigenvalue weighted by Crippen LogP contribution is 2.34. The van der Waals surface area contributed by atoms with Gasteiger partial charge in [-0.1, -0.05) is 48.0 Å². The van der Waals surface area contributed by atoms with Gasteiger partial charge in [-0.3, -0.25) is 4.79 Å². The van der Waals surface area contributed by atoms with Gasteiger partial charge in [0.2, 0.25) is 0 Å². The molecule has 2 heterocycles. The topological polar surface area (TPSA) is 72.3 Å². The van der Waals surface area contributed by atoms with Crippen molar-refractivity contribution in [3.8, 4) is 5.69 Å². The van der Waals surface area contributed by atoms with Crippen molar-refractivity contribution in [2.24, 2.45) is 0 Å². The molecule has 0 radical (unpaired) electrons. The van der Waals surface area contributed by atoms with E-state index in [4.69, 9.17) is 11.6 Å². The molecule has 156 valence electrons. The van der Waals surface area contributed by atoms with Gasteiger partial charge in [-0.05, 0) is 37.1 Å². The molecule has 0 bridgehead atoms. The fraction of sp³-hybridized carbons (Fsp3) is 0.273. The molecule has 0 saturated carbocycles. The van der Waals surface area contributed by atoms with E-state index in [0.717, 1.165) is 11.4 Å². The van der Waals surface area contributed by atoms with Crippen molar-refractivity contribution in [2.75, 3.05) is 18.8 Å². The van der Waals surface area contributed by atoms with E-state index in [1.807, 2.05) is 37.3 Å². The van der Waals surface area contributed by atoms with Gasteiger partial charge in [0.25, 0.3) is 5.91 Å². The molecule has 30 heavy (non-hydrogen) atoms. The number of hydrogen-bond donors (Lipinski definition) is 0. The van der Waals surface area contributed by atoms with Crippen LogP contribution in [0.3, 0.4) is 0 Å². The minimum Gasteiger partial charge on any atom is -0.337 e. The summed E-state index contributed by atoms with van der Waals surface area (Å²) in [5.41, 5.74) is 2.67. The maximum Gasteiger partial charge on any atom is 0.257 e. The number of benzene rings is 2. The van der Waals surface area contributed by atoms with Gasteiger partial charge < -0.3 is 4.90 Å². The third-order valence-corrected chi connectivity index (χ3v) is 7.97. The maximum absolute atomic E-state index is 13.2. The quantitative estimate of drug-likeness (QED) is 0.616. The molecular formula is C22H22ClN3O3S. The van der Waals surface area contributed by atoms with Crippen LogP contribution in [0.2, 0.25) is 5.02 Å². The monoisotopic (exact) mass is 443 g/mol. The molecule has 1 amide bonds. The number of amides is 1. The van der Waals surface area contributed by atoms with Crippen LogP contribution in [0.15, 0.2) is 60.8 Å². The standard InChI is InChI=1S/C22H22ClN3O3S/c1-16-19(15-24-26(16)17-7-3-2-4-8-17)22(27)25-12-11-21(30(28,29)14-13-25)18-9-5-6-10-20(18)23/h2-10,15,21H,11-14H2,1H3/t21-/m0/s1. The van der Waals surface area contributed by atoms with E-state index in [9.17, 15) is 13.2 Å². The molecule has 0 N–H and O–H groups in total. The Kier molecular flexibility index (Phi) is 5.66. The number of halogens is 1. The summed E-state index contributed by atoms with van der Waals surface area (Å²) in [4.78, 5) is 14.8. The Bertz CT molecular complexity index is 1180. The van der Waals surface area contributed by atoms with Gasteiger partial charge in [-0.2, -0.15) is 5.10 Å². The highest BCUT2D eigenvalue weighted by molar-refractivity contribution is 7.91. The van der Waals surface area contributed by atoms with Crippen LogP contribution >= 0.6 is 11.6 Å². The first kappa shape index (κ1) is 20.6. The Hall–Kier alpha value is -2.64. The van der Waals surface area contributed by atoms with Gasteiger partial charge in [-0.15, -0.1) is 0 Å². The number of carbonyl (C=O) groups excluding carboxylic acids is 1. The Balaban J connectivity index is 1.59. The smallest absolute Gasteiger partial charge is 0.257 e. The normalized spacial score (nSPS) is 18.7. The van der Waals surface area contributed by atoms with Crippen molar-refractivity contribution in [3.05, 3.63) is 82.6 Å². The lowest BCUT2D eigenvalue weighted by molar-refractivity contribution is 0.0766. The molecule has 2 aromatic carbocycles. The molecular weight excluding hydrogens is 422 g/mol. The molecule has 1 aliphatic heterocycles. The molecule has 8 heteroatoms. The fourth-order valence-electron chi connectivity index (χ4n) is 3.85. The number of sulfone groups is 1. The molecule has 1 aromatic heterocycles.